The Kier molecular flexibility index (Phi) is 6.08. The molecule has 30 heavy (non-hydrogen) atoms. The minimum Gasteiger partial charge on any atom is -0.392 e. The summed E-state index contributed by atoms with van der Waals surface area (Å²) in [4.78, 5) is 31.8. The van der Waals surface area contributed by atoms with Gasteiger partial charge in [0.15, 0.2) is 0 Å². The Balaban J connectivity index is 0.00000218. The number of carbonyl (C=O) groups is 2. The van der Waals surface area contributed by atoms with Crippen LogP contribution in [0.1, 0.15) is 78.1 Å². The number of hydrogen-bond donors (Lipinski definition) is 1. The number of hydrogen-bond acceptors (Lipinski definition) is 5. The number of nitrogens with one attached hydrogen (secondary N) is 1. The number of carbonyl (C=O) groups excluding carboxylic acids is 2. The Labute approximate surface area is 186 Å². The second kappa shape index (κ2) is 8.20. The van der Waals surface area contributed by atoms with Crippen molar-refractivity contribution in [3.05, 3.63) is 0 Å². The van der Waals surface area contributed by atoms with Crippen molar-refractivity contribution in [1.29, 1.82) is 0 Å². The van der Waals surface area contributed by atoms with Gasteiger partial charge in [0.2, 0.25) is 0 Å². The van der Waals surface area contributed by atoms with Crippen molar-refractivity contribution in [3.63, 3.8) is 0 Å². The molecule has 4 saturated carbocycles. The summed E-state index contributed by atoms with van der Waals surface area (Å²) in [6.07, 6.45) is 9.57. The fourth-order valence-electron chi connectivity index (χ4n) is 7.75. The van der Waals surface area contributed by atoms with Crippen LogP contribution in [-0.4, -0.2) is 36.5 Å². The smallest absolute Gasteiger partial charge is 0.139 e. The predicted molar refractivity (Wildman–Crippen MR) is 119 cm³/mol. The van der Waals surface area contributed by atoms with Crippen LogP contribution in [0.2, 0.25) is 0 Å². The molecule has 1 aliphatic heterocycles. The molecule has 5 rings (SSSR count). The van der Waals surface area contributed by atoms with E-state index in [4.69, 9.17) is 4.84 Å². The van der Waals surface area contributed by atoms with E-state index >= 15 is 0 Å². The van der Waals surface area contributed by atoms with Gasteiger partial charge < -0.3 is 10.2 Å². The predicted octanol–water partition coefficient (Wildman–Crippen LogP) is 4.32. The van der Waals surface area contributed by atoms with E-state index in [2.05, 4.69) is 24.3 Å². The van der Waals surface area contributed by atoms with Gasteiger partial charge in [0.25, 0.3) is 0 Å². The van der Waals surface area contributed by atoms with Gasteiger partial charge in [-0.1, -0.05) is 19.0 Å². The molecule has 1 unspecified atom stereocenters. The standard InChI is InChI=1S/C24H36N2O3.ClH/c1-23-9-5-15(26-29-16-7-11-25-12-8-16)13-20(23)21(27)14-17-18-3-4-22(28)24(18,2)10-6-19(17)23;/h16-20,25H,3-14H2,1-2H3;1H/t17-,18-,19+,20?,23+,24-;/m0./s1. The van der Waals surface area contributed by atoms with Gasteiger partial charge in [0.05, 0.1) is 5.71 Å². The average molecular weight is 437 g/mol. The average Bonchev–Trinajstić information content (AvgIpc) is 3.03. The number of piperidine rings is 1. The SMILES string of the molecule is C[C@]12CCC(=NOC3CCNCC3)CC1C(=O)C[C@@H]1[C@H]2CC[C@]2(C)C(=O)CC[C@@H]12.Cl. The van der Waals surface area contributed by atoms with E-state index in [1.807, 2.05) is 0 Å². The first kappa shape index (κ1) is 22.3. The van der Waals surface area contributed by atoms with Crippen molar-refractivity contribution in [2.75, 3.05) is 13.1 Å². The highest BCUT2D eigenvalue weighted by molar-refractivity contribution is 5.93. The topological polar surface area (TPSA) is 67.8 Å². The van der Waals surface area contributed by atoms with E-state index in [1.54, 1.807) is 0 Å². The molecule has 5 aliphatic rings. The normalized spacial score (nSPS) is 45.3. The molecule has 0 aromatic heterocycles. The van der Waals surface area contributed by atoms with Gasteiger partial charge in [-0.05, 0) is 87.6 Å². The summed E-state index contributed by atoms with van der Waals surface area (Å²) >= 11 is 0. The van der Waals surface area contributed by atoms with Crippen LogP contribution < -0.4 is 5.32 Å². The van der Waals surface area contributed by atoms with Gasteiger partial charge in [-0.15, -0.1) is 12.4 Å². The minimum absolute atomic E-state index is 0. The van der Waals surface area contributed by atoms with Gasteiger partial charge >= 0.3 is 0 Å². The van der Waals surface area contributed by atoms with Crippen molar-refractivity contribution < 1.29 is 14.4 Å². The third-order valence-corrected chi connectivity index (χ3v) is 9.62. The van der Waals surface area contributed by atoms with Crippen LogP contribution >= 0.6 is 12.4 Å². The number of halogens is 1. The maximum atomic E-state index is 13.3. The lowest BCUT2D eigenvalue weighted by Crippen LogP contribution is -2.56. The molecule has 1 saturated heterocycles. The van der Waals surface area contributed by atoms with Crippen LogP contribution in [0.5, 0.6) is 0 Å². The van der Waals surface area contributed by atoms with Gasteiger partial charge in [-0.2, -0.15) is 0 Å². The van der Waals surface area contributed by atoms with Gasteiger partial charge in [-0.3, -0.25) is 9.59 Å². The molecule has 0 amide bonds. The Morgan fingerprint density at radius 2 is 1.73 bits per heavy atom. The maximum Gasteiger partial charge on any atom is 0.139 e. The summed E-state index contributed by atoms with van der Waals surface area (Å²) in [5.74, 6) is 2.39. The molecular weight excluding hydrogens is 400 g/mol. The Hall–Kier alpha value is -0.940. The Bertz CT molecular complexity index is 734. The molecule has 0 spiro atoms. The van der Waals surface area contributed by atoms with Crippen LogP contribution in [0, 0.1) is 34.5 Å². The molecule has 1 N–H and O–H groups in total. The number of fused-ring (bicyclic) bond motifs is 5. The van der Waals surface area contributed by atoms with Crippen LogP contribution in [-0.2, 0) is 14.4 Å². The zero-order valence-corrected chi connectivity index (χ0v) is 19.3. The fourth-order valence-corrected chi connectivity index (χ4v) is 7.75. The molecule has 0 aromatic rings. The molecule has 0 radical (unpaired) electrons. The molecule has 6 heteroatoms. The van der Waals surface area contributed by atoms with Gasteiger partial charge in [0, 0.05) is 24.2 Å². The first-order chi connectivity index (χ1) is 13.9. The van der Waals surface area contributed by atoms with Crippen LogP contribution in [0.15, 0.2) is 5.16 Å². The van der Waals surface area contributed by atoms with Crippen LogP contribution in [0.25, 0.3) is 0 Å². The summed E-state index contributed by atoms with van der Waals surface area (Å²) in [6.45, 7) is 6.56. The lowest BCUT2D eigenvalue weighted by Gasteiger charge is -2.58. The third kappa shape index (κ3) is 3.44. The number of oxime groups is 1. The quantitative estimate of drug-likeness (QED) is 0.654. The number of nitrogens with zero attached hydrogens (tertiary/aromatic N) is 1. The van der Waals surface area contributed by atoms with E-state index in [0.29, 0.717) is 35.7 Å². The lowest BCUT2D eigenvalue weighted by atomic mass is 9.45. The minimum atomic E-state index is -0.158. The molecule has 0 aromatic carbocycles. The monoisotopic (exact) mass is 436 g/mol. The van der Waals surface area contributed by atoms with Crippen LogP contribution in [0.3, 0.4) is 0 Å². The first-order valence-corrected chi connectivity index (χ1v) is 11.9. The lowest BCUT2D eigenvalue weighted by molar-refractivity contribution is -0.152. The summed E-state index contributed by atoms with van der Waals surface area (Å²) in [6, 6.07) is 0. The molecule has 0 bridgehead atoms. The zero-order chi connectivity index (χ0) is 20.2. The first-order valence-electron chi connectivity index (χ1n) is 11.9. The van der Waals surface area contributed by atoms with Crippen molar-refractivity contribution in [2.45, 2.75) is 84.2 Å². The van der Waals surface area contributed by atoms with Crippen molar-refractivity contribution in [3.8, 4) is 0 Å². The summed E-state index contributed by atoms with van der Waals surface area (Å²) in [5.41, 5.74) is 1.00. The summed E-state index contributed by atoms with van der Waals surface area (Å²) < 4.78 is 0. The largest absolute Gasteiger partial charge is 0.392 e. The van der Waals surface area contributed by atoms with E-state index < -0.39 is 0 Å². The van der Waals surface area contributed by atoms with E-state index in [-0.39, 0.29) is 35.3 Å². The third-order valence-electron chi connectivity index (χ3n) is 9.62. The zero-order valence-electron chi connectivity index (χ0n) is 18.5. The molecule has 5 fully saturated rings. The molecular formula is C24H37ClN2O3. The number of Topliss-reactive ketones (excluding diaryl/α,β-unsaturated/α-hetero) is 2. The Morgan fingerprint density at radius 3 is 2.50 bits per heavy atom. The summed E-state index contributed by atoms with van der Waals surface area (Å²) in [5, 5.41) is 7.89. The van der Waals surface area contributed by atoms with Crippen LogP contribution in [0.4, 0.5) is 0 Å². The second-order valence-corrected chi connectivity index (χ2v) is 10.9. The Morgan fingerprint density at radius 1 is 0.967 bits per heavy atom. The fraction of sp³-hybridized carbons (Fsp3) is 0.875. The molecule has 1 heterocycles. The second-order valence-electron chi connectivity index (χ2n) is 10.9. The highest BCUT2D eigenvalue weighted by Gasteiger charge is 2.62. The van der Waals surface area contributed by atoms with Gasteiger partial charge in [-0.25, -0.2) is 0 Å². The van der Waals surface area contributed by atoms with Gasteiger partial charge in [0.1, 0.15) is 17.7 Å². The van der Waals surface area contributed by atoms with E-state index in [0.717, 1.165) is 76.6 Å². The summed E-state index contributed by atoms with van der Waals surface area (Å²) in [7, 11) is 0. The highest BCUT2D eigenvalue weighted by Crippen LogP contribution is 2.64. The maximum absolute atomic E-state index is 13.3. The molecule has 5 nitrogen and oxygen atoms in total. The molecule has 4 aliphatic carbocycles. The number of rotatable bonds is 2. The molecule has 6 atom stereocenters. The molecule has 168 valence electrons. The van der Waals surface area contributed by atoms with E-state index in [1.165, 1.54) is 0 Å². The van der Waals surface area contributed by atoms with E-state index in [9.17, 15) is 9.59 Å². The van der Waals surface area contributed by atoms with Crippen molar-refractivity contribution in [2.24, 2.45) is 39.7 Å². The van der Waals surface area contributed by atoms with Crippen molar-refractivity contribution >= 4 is 29.7 Å². The number of ketones is 2. The van der Waals surface area contributed by atoms with Crippen molar-refractivity contribution in [1.82, 2.24) is 5.32 Å². The highest BCUT2D eigenvalue weighted by atomic mass is 35.5.